The van der Waals surface area contributed by atoms with Crippen molar-refractivity contribution in [3.05, 3.63) is 0 Å². The second kappa shape index (κ2) is 11.8. The van der Waals surface area contributed by atoms with E-state index in [1.54, 1.807) is 4.42 Å². The van der Waals surface area contributed by atoms with Crippen LogP contribution in [0.25, 0.3) is 0 Å². The van der Waals surface area contributed by atoms with Crippen LogP contribution in [0.5, 0.6) is 0 Å². The van der Waals surface area contributed by atoms with E-state index >= 15 is 0 Å². The monoisotopic (exact) mass is 547 g/mol. The summed E-state index contributed by atoms with van der Waals surface area (Å²) in [5, 5.41) is 14.6. The Labute approximate surface area is 231 Å². The first-order chi connectivity index (χ1) is 16.5. The lowest BCUT2D eigenvalue weighted by molar-refractivity contribution is -0.0598. The summed E-state index contributed by atoms with van der Waals surface area (Å²) >= 11 is 13.6. The van der Waals surface area contributed by atoms with E-state index in [1.807, 2.05) is 0 Å². The van der Waals surface area contributed by atoms with Crippen molar-refractivity contribution in [2.75, 3.05) is 26.2 Å². The van der Waals surface area contributed by atoms with Crippen LogP contribution in [0.1, 0.15) is 107 Å². The Morgan fingerprint density at radius 3 is 1.89 bits per heavy atom. The quantitative estimate of drug-likeness (QED) is 0.173. The molecule has 0 radical (unpaired) electrons. The van der Waals surface area contributed by atoms with E-state index in [-0.39, 0.29) is 28.2 Å². The number of nitrogens with one attached hydrogen (secondary N) is 4. The van der Waals surface area contributed by atoms with E-state index in [4.69, 9.17) is 28.1 Å². The molecule has 4 N–H and O–H groups in total. The van der Waals surface area contributed by atoms with Gasteiger partial charge in [0.05, 0.1) is 19.2 Å². The van der Waals surface area contributed by atoms with E-state index in [1.165, 1.54) is 25.7 Å². The molecule has 2 unspecified atom stereocenters. The molecular weight excluding hydrogens is 493 g/mol. The number of ether oxygens (including phenoxy) is 1. The van der Waals surface area contributed by atoms with Gasteiger partial charge in [0.1, 0.15) is 0 Å². The van der Waals surface area contributed by atoms with Crippen LogP contribution in [0.3, 0.4) is 0 Å². The fourth-order valence-corrected chi connectivity index (χ4v) is 8.16. The first-order valence-electron chi connectivity index (χ1n) is 14.3. The highest BCUT2D eigenvalue weighted by Gasteiger charge is 2.45. The highest BCUT2D eigenvalue weighted by Crippen LogP contribution is 2.34. The molecule has 0 aromatic heterocycles. The molecule has 0 amide bonds. The van der Waals surface area contributed by atoms with Crippen LogP contribution in [0.4, 0.5) is 0 Å². The largest absolute Gasteiger partial charge is 0.355 e. The van der Waals surface area contributed by atoms with Gasteiger partial charge in [-0.05, 0) is 112 Å². The minimum Gasteiger partial charge on any atom is -0.355 e. The van der Waals surface area contributed by atoms with Gasteiger partial charge in [0, 0.05) is 40.8 Å². The Morgan fingerprint density at radius 2 is 1.36 bits per heavy atom. The molecule has 0 aliphatic carbocycles. The van der Waals surface area contributed by atoms with Crippen molar-refractivity contribution >= 4 is 23.4 Å². The number of rotatable bonds is 10. The summed E-state index contributed by atoms with van der Waals surface area (Å²) in [6, 6.07) is 1.03. The Balaban J connectivity index is 1.51. The Kier molecular flexibility index (Phi) is 10.2. The molecule has 36 heavy (non-hydrogen) atoms. The Morgan fingerprint density at radius 1 is 0.833 bits per heavy atom. The first kappa shape index (κ1) is 30.9. The maximum atomic E-state index is 7.15. The van der Waals surface area contributed by atoms with E-state index in [9.17, 15) is 0 Å². The standard InChI is InChI=1S/C28H55Cl2N5O/c1-24(2)16-21(17-25(3,4)33-24)31-13-11-9-10-12-23(28(29)20-35(30)14-15-36-28)32-22-18-26(5,6)34-27(7,8)19-22/h21-23,31-34H,9-20H2,1-8H3. The molecule has 3 saturated heterocycles. The molecule has 3 aliphatic heterocycles. The SMILES string of the molecule is CC1(C)CC(NCCCCCC(NC2CC(C)(C)NC(C)(C)C2)C2(Cl)CN(Cl)CCO2)CC(C)(C)N1. The van der Waals surface area contributed by atoms with Crippen LogP contribution in [0, 0.1) is 0 Å². The van der Waals surface area contributed by atoms with Gasteiger partial charge in [-0.2, -0.15) is 0 Å². The predicted octanol–water partition coefficient (Wildman–Crippen LogP) is 5.13. The number of unbranched alkanes of at least 4 members (excludes halogenated alkanes) is 2. The number of hydrogen-bond donors (Lipinski definition) is 4. The second-order valence-electron chi connectivity index (χ2n) is 14.5. The molecule has 6 nitrogen and oxygen atoms in total. The van der Waals surface area contributed by atoms with Gasteiger partial charge in [0.15, 0.2) is 5.06 Å². The third kappa shape index (κ3) is 9.51. The van der Waals surface area contributed by atoms with Crippen molar-refractivity contribution < 1.29 is 4.74 Å². The predicted molar refractivity (Wildman–Crippen MR) is 154 cm³/mol. The van der Waals surface area contributed by atoms with Gasteiger partial charge in [0.25, 0.3) is 0 Å². The summed E-state index contributed by atoms with van der Waals surface area (Å²) in [5.74, 6) is 0. The number of morpholine rings is 1. The molecule has 212 valence electrons. The van der Waals surface area contributed by atoms with E-state index in [2.05, 4.69) is 76.7 Å². The molecule has 3 aliphatic rings. The van der Waals surface area contributed by atoms with Gasteiger partial charge in [-0.25, -0.2) is 4.42 Å². The van der Waals surface area contributed by atoms with Gasteiger partial charge in [-0.3, -0.25) is 0 Å². The zero-order chi connectivity index (χ0) is 26.8. The lowest BCUT2D eigenvalue weighted by atomic mass is 9.79. The summed E-state index contributed by atoms with van der Waals surface area (Å²) < 4.78 is 7.97. The second-order valence-corrected chi connectivity index (χ2v) is 15.6. The molecule has 0 bridgehead atoms. The zero-order valence-electron chi connectivity index (χ0n) is 24.3. The lowest BCUT2D eigenvalue weighted by Crippen LogP contribution is -2.65. The highest BCUT2D eigenvalue weighted by molar-refractivity contribution is 6.24. The van der Waals surface area contributed by atoms with Crippen molar-refractivity contribution in [2.45, 2.75) is 152 Å². The number of piperidine rings is 2. The average Bonchev–Trinajstić information content (AvgIpc) is 2.64. The number of alkyl halides is 1. The average molecular weight is 549 g/mol. The van der Waals surface area contributed by atoms with Crippen LogP contribution in [-0.2, 0) is 4.74 Å². The van der Waals surface area contributed by atoms with Gasteiger partial charge >= 0.3 is 0 Å². The van der Waals surface area contributed by atoms with E-state index in [0.29, 0.717) is 31.8 Å². The maximum Gasteiger partial charge on any atom is 0.170 e. The van der Waals surface area contributed by atoms with Crippen LogP contribution < -0.4 is 21.3 Å². The first-order valence-corrected chi connectivity index (χ1v) is 15.0. The lowest BCUT2D eigenvalue weighted by Gasteiger charge is -2.49. The normalized spacial score (nSPS) is 31.8. The van der Waals surface area contributed by atoms with Crippen molar-refractivity contribution in [1.29, 1.82) is 0 Å². The fraction of sp³-hybridized carbons (Fsp3) is 1.00. The minimum atomic E-state index is -0.788. The molecule has 0 spiro atoms. The molecule has 3 rings (SSSR count). The van der Waals surface area contributed by atoms with Crippen molar-refractivity contribution in [3.63, 3.8) is 0 Å². The summed E-state index contributed by atoms with van der Waals surface area (Å²) in [6.07, 6.45) is 8.97. The number of hydrogen-bond acceptors (Lipinski definition) is 6. The van der Waals surface area contributed by atoms with Crippen molar-refractivity contribution in [1.82, 2.24) is 25.7 Å². The molecule has 0 aromatic carbocycles. The van der Waals surface area contributed by atoms with E-state index in [0.717, 1.165) is 32.2 Å². The zero-order valence-corrected chi connectivity index (χ0v) is 25.8. The van der Waals surface area contributed by atoms with Crippen LogP contribution in [-0.4, -0.2) is 76.0 Å². The molecule has 2 atom stereocenters. The third-order valence-electron chi connectivity index (χ3n) is 8.00. The summed E-state index contributed by atoms with van der Waals surface area (Å²) in [5.41, 5.74) is 0.528. The molecule has 0 saturated carbocycles. The minimum absolute atomic E-state index is 0.0643. The Hall–Kier alpha value is 0.340. The van der Waals surface area contributed by atoms with Crippen LogP contribution in [0.2, 0.25) is 0 Å². The smallest absolute Gasteiger partial charge is 0.170 e. The maximum absolute atomic E-state index is 7.15. The summed E-state index contributed by atoms with van der Waals surface area (Å²) in [6.45, 7) is 21.3. The van der Waals surface area contributed by atoms with Gasteiger partial charge in [0.2, 0.25) is 0 Å². The number of halogens is 2. The van der Waals surface area contributed by atoms with Gasteiger partial charge in [-0.15, -0.1) is 0 Å². The Bertz CT molecular complexity index is 684. The number of nitrogens with zero attached hydrogens (tertiary/aromatic N) is 1. The summed E-state index contributed by atoms with van der Waals surface area (Å²) in [7, 11) is 0. The fourth-order valence-electron chi connectivity index (χ4n) is 7.45. The molecule has 8 heteroatoms. The highest BCUT2D eigenvalue weighted by atomic mass is 35.5. The topological polar surface area (TPSA) is 60.6 Å². The van der Waals surface area contributed by atoms with Gasteiger partial charge < -0.3 is 26.0 Å². The van der Waals surface area contributed by atoms with Crippen LogP contribution >= 0.6 is 23.4 Å². The third-order valence-corrected chi connectivity index (χ3v) is 8.78. The molecule has 3 fully saturated rings. The molecule has 3 heterocycles. The van der Waals surface area contributed by atoms with Crippen LogP contribution in [0.15, 0.2) is 0 Å². The van der Waals surface area contributed by atoms with Gasteiger partial charge in [-0.1, -0.05) is 24.4 Å². The molecular formula is C28H55Cl2N5O. The summed E-state index contributed by atoms with van der Waals surface area (Å²) in [4.78, 5) is 0. The molecule has 0 aromatic rings. The van der Waals surface area contributed by atoms with E-state index < -0.39 is 5.06 Å². The van der Waals surface area contributed by atoms with Crippen molar-refractivity contribution in [2.24, 2.45) is 0 Å². The van der Waals surface area contributed by atoms with Crippen molar-refractivity contribution in [3.8, 4) is 0 Å².